The van der Waals surface area contributed by atoms with Crippen LogP contribution in [0, 0.1) is 5.92 Å². The van der Waals surface area contributed by atoms with Gasteiger partial charge in [-0.2, -0.15) is 0 Å². The van der Waals surface area contributed by atoms with E-state index in [4.69, 9.17) is 0 Å². The first-order valence-corrected chi connectivity index (χ1v) is 7.33. The number of anilines is 1. The summed E-state index contributed by atoms with van der Waals surface area (Å²) >= 11 is 0. The van der Waals surface area contributed by atoms with Gasteiger partial charge in [-0.3, -0.25) is 4.79 Å². The minimum atomic E-state index is -0.0478. The summed E-state index contributed by atoms with van der Waals surface area (Å²) in [4.78, 5) is 18.6. The molecule has 2 heterocycles. The zero-order valence-corrected chi connectivity index (χ0v) is 12.4. The number of nitrogens with one attached hydrogen (secondary N) is 2. The van der Waals surface area contributed by atoms with Gasteiger partial charge in [0, 0.05) is 26.3 Å². The summed E-state index contributed by atoms with van der Waals surface area (Å²) in [5.74, 6) is 1.19. The monoisotopic (exact) mass is 276 g/mol. The van der Waals surface area contributed by atoms with Gasteiger partial charge in [-0.05, 0) is 44.0 Å². The van der Waals surface area contributed by atoms with Gasteiger partial charge in [0.1, 0.15) is 5.82 Å². The van der Waals surface area contributed by atoms with Gasteiger partial charge in [0.15, 0.2) is 0 Å². The number of hydrogen-bond donors (Lipinski definition) is 2. The number of likely N-dealkylation sites (tertiary alicyclic amines) is 1. The van der Waals surface area contributed by atoms with Crippen LogP contribution in [0.1, 0.15) is 30.1 Å². The van der Waals surface area contributed by atoms with Crippen molar-refractivity contribution in [3.05, 3.63) is 23.9 Å². The van der Waals surface area contributed by atoms with Gasteiger partial charge in [0.25, 0.3) is 5.91 Å². The van der Waals surface area contributed by atoms with E-state index in [9.17, 15) is 4.79 Å². The highest BCUT2D eigenvalue weighted by Gasteiger charge is 2.15. The highest BCUT2D eigenvalue weighted by Crippen LogP contribution is 2.10. The van der Waals surface area contributed by atoms with Crippen molar-refractivity contribution in [3.63, 3.8) is 0 Å². The maximum Gasteiger partial charge on any atom is 0.252 e. The summed E-state index contributed by atoms with van der Waals surface area (Å²) < 4.78 is 0. The Balaban J connectivity index is 1.75. The predicted octanol–water partition coefficient (Wildman–Crippen LogP) is 1.58. The molecule has 20 heavy (non-hydrogen) atoms. The lowest BCUT2D eigenvalue weighted by Crippen LogP contribution is -2.34. The molecular formula is C15H24N4O. The molecule has 1 aromatic heterocycles. The largest absolute Gasteiger partial charge is 0.373 e. The number of carbonyl (C=O) groups is 1. The first-order chi connectivity index (χ1) is 9.69. The number of carbonyl (C=O) groups excluding carboxylic acids is 1. The molecule has 1 fully saturated rings. The van der Waals surface area contributed by atoms with Crippen LogP contribution < -0.4 is 10.6 Å². The normalized spacial score (nSPS) is 16.9. The standard InChI is InChI=1S/C15H24N4O/c1-12(11-19-7-3-4-8-19)9-18-15(20)13-5-6-14(16-2)17-10-13/h5-6,10,12H,3-4,7-9,11H2,1-2H3,(H,16,17)(H,18,20). The fraction of sp³-hybridized carbons (Fsp3) is 0.600. The Bertz CT molecular complexity index is 426. The maximum absolute atomic E-state index is 12.0. The second-order valence-electron chi connectivity index (χ2n) is 5.51. The number of aromatic nitrogens is 1. The van der Waals surface area contributed by atoms with Crippen LogP contribution >= 0.6 is 0 Å². The van der Waals surface area contributed by atoms with E-state index in [-0.39, 0.29) is 5.91 Å². The third-order valence-corrected chi connectivity index (χ3v) is 3.66. The summed E-state index contributed by atoms with van der Waals surface area (Å²) in [6.45, 7) is 6.36. The molecule has 0 aromatic carbocycles. The Morgan fingerprint density at radius 3 is 2.75 bits per heavy atom. The highest BCUT2D eigenvalue weighted by molar-refractivity contribution is 5.94. The number of amides is 1. The van der Waals surface area contributed by atoms with Gasteiger partial charge >= 0.3 is 0 Å². The van der Waals surface area contributed by atoms with Crippen molar-refractivity contribution >= 4 is 11.7 Å². The van der Waals surface area contributed by atoms with Crippen molar-refractivity contribution in [1.29, 1.82) is 0 Å². The quantitative estimate of drug-likeness (QED) is 0.828. The molecule has 1 aromatic rings. The number of rotatable bonds is 6. The molecule has 110 valence electrons. The average molecular weight is 276 g/mol. The van der Waals surface area contributed by atoms with E-state index in [2.05, 4.69) is 27.4 Å². The number of hydrogen-bond acceptors (Lipinski definition) is 4. The van der Waals surface area contributed by atoms with Gasteiger partial charge in [0.2, 0.25) is 0 Å². The van der Waals surface area contributed by atoms with Crippen LogP contribution in [0.5, 0.6) is 0 Å². The molecule has 1 saturated heterocycles. The second kappa shape index (κ2) is 7.24. The van der Waals surface area contributed by atoms with Crippen molar-refractivity contribution in [2.45, 2.75) is 19.8 Å². The molecule has 5 nitrogen and oxygen atoms in total. The van der Waals surface area contributed by atoms with Crippen LogP contribution in [0.25, 0.3) is 0 Å². The Morgan fingerprint density at radius 1 is 1.40 bits per heavy atom. The molecule has 1 atom stereocenters. The van der Waals surface area contributed by atoms with E-state index < -0.39 is 0 Å². The van der Waals surface area contributed by atoms with E-state index in [1.54, 1.807) is 12.3 Å². The molecule has 0 saturated carbocycles. The summed E-state index contributed by atoms with van der Waals surface area (Å²) in [6.07, 6.45) is 4.22. The van der Waals surface area contributed by atoms with Crippen molar-refractivity contribution < 1.29 is 4.79 Å². The summed E-state index contributed by atoms with van der Waals surface area (Å²) in [7, 11) is 1.81. The fourth-order valence-corrected chi connectivity index (χ4v) is 2.52. The summed E-state index contributed by atoms with van der Waals surface area (Å²) in [6, 6.07) is 3.60. The summed E-state index contributed by atoms with van der Waals surface area (Å²) in [5.41, 5.74) is 0.609. The molecule has 0 bridgehead atoms. The Kier molecular flexibility index (Phi) is 5.35. The Morgan fingerprint density at radius 2 is 2.15 bits per heavy atom. The zero-order valence-electron chi connectivity index (χ0n) is 12.4. The second-order valence-corrected chi connectivity index (χ2v) is 5.51. The molecule has 5 heteroatoms. The van der Waals surface area contributed by atoms with Crippen molar-refractivity contribution in [3.8, 4) is 0 Å². The van der Waals surface area contributed by atoms with E-state index in [0.717, 1.165) is 12.4 Å². The van der Waals surface area contributed by atoms with Crippen molar-refractivity contribution in [2.24, 2.45) is 5.92 Å². The maximum atomic E-state index is 12.0. The third kappa shape index (κ3) is 4.20. The molecule has 2 rings (SSSR count). The zero-order chi connectivity index (χ0) is 14.4. The van der Waals surface area contributed by atoms with Crippen molar-refractivity contribution in [2.75, 3.05) is 38.5 Å². The van der Waals surface area contributed by atoms with Crippen LogP contribution in [0.4, 0.5) is 5.82 Å². The number of nitrogens with zero attached hydrogens (tertiary/aromatic N) is 2. The van der Waals surface area contributed by atoms with Crippen LogP contribution in [-0.2, 0) is 0 Å². The van der Waals surface area contributed by atoms with Gasteiger partial charge < -0.3 is 15.5 Å². The van der Waals surface area contributed by atoms with E-state index in [1.807, 2.05) is 13.1 Å². The molecule has 1 aliphatic rings. The number of pyridine rings is 1. The van der Waals surface area contributed by atoms with Crippen molar-refractivity contribution in [1.82, 2.24) is 15.2 Å². The van der Waals surface area contributed by atoms with Crippen LogP contribution in [0.2, 0.25) is 0 Å². The summed E-state index contributed by atoms with van der Waals surface area (Å²) in [5, 5.41) is 5.92. The van der Waals surface area contributed by atoms with Crippen LogP contribution in [0.15, 0.2) is 18.3 Å². The Labute approximate surface area is 120 Å². The lowest BCUT2D eigenvalue weighted by molar-refractivity contribution is 0.0945. The third-order valence-electron chi connectivity index (χ3n) is 3.66. The first-order valence-electron chi connectivity index (χ1n) is 7.33. The molecular weight excluding hydrogens is 252 g/mol. The first kappa shape index (κ1) is 14.8. The van der Waals surface area contributed by atoms with E-state index in [1.165, 1.54) is 25.9 Å². The lowest BCUT2D eigenvalue weighted by Gasteiger charge is -2.20. The SMILES string of the molecule is CNc1ccc(C(=O)NCC(C)CN2CCCC2)cn1. The van der Waals surface area contributed by atoms with Crippen LogP contribution in [0.3, 0.4) is 0 Å². The molecule has 0 radical (unpaired) electrons. The average Bonchev–Trinajstić information content (AvgIpc) is 2.97. The minimum Gasteiger partial charge on any atom is -0.373 e. The topological polar surface area (TPSA) is 57.3 Å². The molecule has 0 aliphatic carbocycles. The molecule has 0 spiro atoms. The molecule has 1 unspecified atom stereocenters. The predicted molar refractivity (Wildman–Crippen MR) is 81.0 cm³/mol. The highest BCUT2D eigenvalue weighted by atomic mass is 16.1. The van der Waals surface area contributed by atoms with Gasteiger partial charge in [-0.15, -0.1) is 0 Å². The minimum absolute atomic E-state index is 0.0478. The van der Waals surface area contributed by atoms with Gasteiger partial charge in [-0.25, -0.2) is 4.98 Å². The van der Waals surface area contributed by atoms with E-state index >= 15 is 0 Å². The molecule has 2 N–H and O–H groups in total. The van der Waals surface area contributed by atoms with Gasteiger partial charge in [0.05, 0.1) is 5.56 Å². The Hall–Kier alpha value is -1.62. The van der Waals surface area contributed by atoms with Crippen LogP contribution in [-0.4, -0.2) is 49.0 Å². The fourth-order valence-electron chi connectivity index (χ4n) is 2.52. The molecule has 1 amide bonds. The lowest BCUT2D eigenvalue weighted by atomic mass is 10.1. The van der Waals surface area contributed by atoms with Gasteiger partial charge in [-0.1, -0.05) is 6.92 Å². The van der Waals surface area contributed by atoms with E-state index in [0.29, 0.717) is 18.0 Å². The smallest absolute Gasteiger partial charge is 0.252 e. The molecule has 1 aliphatic heterocycles.